The molecule has 0 N–H and O–H groups in total. The molecular weight excluding hydrogens is 284 g/mol. The molecule has 1 aromatic carbocycles. The van der Waals surface area contributed by atoms with Gasteiger partial charge < -0.3 is 0 Å². The van der Waals surface area contributed by atoms with Crippen LogP contribution in [0.2, 0.25) is 0 Å². The third-order valence-electron chi connectivity index (χ3n) is 2.63. The van der Waals surface area contributed by atoms with Crippen LogP contribution in [0.25, 0.3) is 10.9 Å². The molecule has 0 aliphatic heterocycles. The number of hydrogen-bond acceptors (Lipinski definition) is 4. The highest BCUT2D eigenvalue weighted by atomic mass is 35.5. The smallest absolute Gasteiger partial charge is 0.258 e. The molecule has 0 unspecified atom stereocenters. The minimum absolute atomic E-state index is 0.0948. The third-order valence-corrected chi connectivity index (χ3v) is 4.04. The van der Waals surface area contributed by atoms with Crippen molar-refractivity contribution in [1.29, 1.82) is 0 Å². The number of benzene rings is 1. The summed E-state index contributed by atoms with van der Waals surface area (Å²) < 4.78 is 0. The summed E-state index contributed by atoms with van der Waals surface area (Å²) in [5, 5.41) is 11.7. The Kier molecular flexibility index (Phi) is 4.61. The number of nitro groups is 1. The minimum atomic E-state index is -0.382. The summed E-state index contributed by atoms with van der Waals surface area (Å²) in [7, 11) is 0. The molecule has 1 aromatic heterocycles. The highest BCUT2D eigenvalue weighted by molar-refractivity contribution is 7.99. The summed E-state index contributed by atoms with van der Waals surface area (Å²) >= 11 is 7.33. The van der Waals surface area contributed by atoms with Gasteiger partial charge in [0.05, 0.1) is 10.4 Å². The highest BCUT2D eigenvalue weighted by Gasteiger charge is 2.11. The number of aryl methyl sites for hydroxylation is 1. The summed E-state index contributed by atoms with van der Waals surface area (Å²) in [5.41, 5.74) is 1.80. The van der Waals surface area contributed by atoms with Gasteiger partial charge in [-0.3, -0.25) is 15.1 Å². The van der Waals surface area contributed by atoms with Gasteiger partial charge >= 0.3 is 0 Å². The van der Waals surface area contributed by atoms with Crippen LogP contribution in [0.4, 0.5) is 5.69 Å². The van der Waals surface area contributed by atoms with Crippen LogP contribution in [0.1, 0.15) is 12.1 Å². The molecule has 2 rings (SSSR count). The molecule has 4 nitrogen and oxygen atoms in total. The zero-order chi connectivity index (χ0) is 13.8. The molecule has 1 heterocycles. The molecule has 0 amide bonds. The summed E-state index contributed by atoms with van der Waals surface area (Å²) in [5.74, 6) is 1.51. The van der Waals surface area contributed by atoms with Crippen molar-refractivity contribution in [3.63, 3.8) is 0 Å². The van der Waals surface area contributed by atoms with Crippen LogP contribution in [0.5, 0.6) is 0 Å². The first-order valence-corrected chi connectivity index (χ1v) is 7.38. The number of nitro benzene ring substituents is 1. The molecule has 0 saturated carbocycles. The Labute approximate surface area is 120 Å². The summed E-state index contributed by atoms with van der Waals surface area (Å²) in [4.78, 5) is 15.9. The molecule has 0 aliphatic carbocycles. The van der Waals surface area contributed by atoms with Crippen LogP contribution in [0, 0.1) is 17.0 Å². The minimum Gasteiger partial charge on any atom is -0.258 e. The van der Waals surface area contributed by atoms with E-state index >= 15 is 0 Å². The molecule has 0 spiro atoms. The van der Waals surface area contributed by atoms with E-state index in [2.05, 4.69) is 4.98 Å². The molecule has 0 atom stereocenters. The summed E-state index contributed by atoms with van der Waals surface area (Å²) in [6.07, 6.45) is 0.907. The number of non-ortho nitro benzene ring substituents is 1. The normalized spacial score (nSPS) is 10.8. The predicted molar refractivity (Wildman–Crippen MR) is 79.2 cm³/mol. The third kappa shape index (κ3) is 3.36. The van der Waals surface area contributed by atoms with Crippen LogP contribution in [0.15, 0.2) is 29.2 Å². The van der Waals surface area contributed by atoms with Crippen LogP contribution < -0.4 is 0 Å². The van der Waals surface area contributed by atoms with E-state index < -0.39 is 0 Å². The Bertz CT molecular complexity index is 619. The van der Waals surface area contributed by atoms with Crippen LogP contribution in [-0.2, 0) is 0 Å². The van der Waals surface area contributed by atoms with Crippen molar-refractivity contribution in [2.24, 2.45) is 0 Å². The van der Waals surface area contributed by atoms with Gasteiger partial charge in [-0.05, 0) is 31.2 Å². The van der Waals surface area contributed by atoms with Gasteiger partial charge in [-0.25, -0.2) is 0 Å². The average Bonchev–Trinajstić information content (AvgIpc) is 2.38. The molecule has 19 heavy (non-hydrogen) atoms. The lowest BCUT2D eigenvalue weighted by molar-refractivity contribution is -0.384. The number of aromatic nitrogens is 1. The van der Waals surface area contributed by atoms with E-state index in [1.165, 1.54) is 6.07 Å². The molecule has 100 valence electrons. The first-order chi connectivity index (χ1) is 9.11. The maximum Gasteiger partial charge on any atom is 0.270 e. The molecular formula is C13H13ClN2O2S. The fourth-order valence-electron chi connectivity index (χ4n) is 1.78. The van der Waals surface area contributed by atoms with Gasteiger partial charge in [0.25, 0.3) is 5.69 Å². The maximum atomic E-state index is 10.8. The Morgan fingerprint density at radius 2 is 2.21 bits per heavy atom. The van der Waals surface area contributed by atoms with E-state index in [-0.39, 0.29) is 10.6 Å². The highest BCUT2D eigenvalue weighted by Crippen LogP contribution is 2.30. The fourth-order valence-corrected chi connectivity index (χ4v) is 3.15. The van der Waals surface area contributed by atoms with E-state index in [1.54, 1.807) is 23.9 Å². The largest absolute Gasteiger partial charge is 0.270 e. The van der Waals surface area contributed by atoms with Crippen LogP contribution in [0.3, 0.4) is 0 Å². The second-order valence-electron chi connectivity index (χ2n) is 4.11. The summed E-state index contributed by atoms with van der Waals surface area (Å²) in [6.45, 7) is 1.92. The maximum absolute atomic E-state index is 10.8. The number of pyridine rings is 1. The van der Waals surface area contributed by atoms with Crippen molar-refractivity contribution in [1.82, 2.24) is 4.98 Å². The van der Waals surface area contributed by atoms with Gasteiger partial charge in [0, 0.05) is 34.0 Å². The molecule has 0 aliphatic rings. The Hall–Kier alpha value is -1.33. The number of rotatable bonds is 5. The van der Waals surface area contributed by atoms with E-state index in [9.17, 15) is 10.1 Å². The number of thioether (sulfide) groups is 1. The lowest BCUT2D eigenvalue weighted by Gasteiger charge is -2.07. The molecule has 0 radical (unpaired) electrons. The van der Waals surface area contributed by atoms with Crippen molar-refractivity contribution < 1.29 is 4.92 Å². The molecule has 6 heteroatoms. The Morgan fingerprint density at radius 3 is 2.89 bits per heavy atom. The van der Waals surface area contributed by atoms with Gasteiger partial charge in [-0.15, -0.1) is 23.4 Å². The molecule has 0 saturated heterocycles. The molecule has 0 bridgehead atoms. The zero-order valence-electron chi connectivity index (χ0n) is 10.4. The lowest BCUT2D eigenvalue weighted by Crippen LogP contribution is -1.92. The zero-order valence-corrected chi connectivity index (χ0v) is 12.0. The molecule has 2 aromatic rings. The monoisotopic (exact) mass is 296 g/mol. The second kappa shape index (κ2) is 6.21. The second-order valence-corrected chi connectivity index (χ2v) is 5.63. The van der Waals surface area contributed by atoms with Crippen molar-refractivity contribution in [3.05, 3.63) is 40.1 Å². The number of halogens is 1. The number of alkyl halides is 1. The van der Waals surface area contributed by atoms with Gasteiger partial charge in [-0.2, -0.15) is 0 Å². The van der Waals surface area contributed by atoms with Crippen LogP contribution >= 0.6 is 23.4 Å². The van der Waals surface area contributed by atoms with Gasteiger partial charge in [-0.1, -0.05) is 0 Å². The lowest BCUT2D eigenvalue weighted by atomic mass is 10.2. The first-order valence-electron chi connectivity index (χ1n) is 5.86. The van der Waals surface area contributed by atoms with E-state index in [0.29, 0.717) is 5.88 Å². The average molecular weight is 297 g/mol. The Morgan fingerprint density at radius 1 is 1.42 bits per heavy atom. The Balaban J connectivity index is 2.46. The summed E-state index contributed by atoms with van der Waals surface area (Å²) in [6, 6.07) is 6.74. The van der Waals surface area contributed by atoms with Crippen molar-refractivity contribution >= 4 is 40.0 Å². The van der Waals surface area contributed by atoms with Crippen LogP contribution in [-0.4, -0.2) is 21.5 Å². The predicted octanol–water partition coefficient (Wildman–Crippen LogP) is 4.17. The number of fused-ring (bicyclic) bond motifs is 1. The van der Waals surface area contributed by atoms with Gasteiger partial charge in [0.1, 0.15) is 0 Å². The molecule has 0 fully saturated rings. The first kappa shape index (κ1) is 14.1. The SMILES string of the molecule is Cc1cc(SCCCCl)c2cc([N+](=O)[O-])ccc2n1. The van der Waals surface area contributed by atoms with Crippen molar-refractivity contribution in [2.75, 3.05) is 11.6 Å². The number of hydrogen-bond donors (Lipinski definition) is 0. The standard InChI is InChI=1S/C13H13ClN2O2S/c1-9-7-13(19-6-2-5-14)11-8-10(16(17)18)3-4-12(11)15-9/h3-4,7-8H,2,5-6H2,1H3. The van der Waals surface area contributed by atoms with E-state index in [4.69, 9.17) is 11.6 Å². The van der Waals surface area contributed by atoms with Gasteiger partial charge in [0.2, 0.25) is 0 Å². The van der Waals surface area contributed by atoms with Gasteiger partial charge in [0.15, 0.2) is 0 Å². The van der Waals surface area contributed by atoms with Crippen molar-refractivity contribution in [2.45, 2.75) is 18.2 Å². The van der Waals surface area contributed by atoms with E-state index in [1.807, 2.05) is 13.0 Å². The quantitative estimate of drug-likeness (QED) is 0.273. The fraction of sp³-hybridized carbons (Fsp3) is 0.308. The van der Waals surface area contributed by atoms with Crippen molar-refractivity contribution in [3.8, 4) is 0 Å². The van der Waals surface area contributed by atoms with E-state index in [0.717, 1.165) is 33.7 Å². The number of nitrogens with zero attached hydrogens (tertiary/aromatic N) is 2. The topological polar surface area (TPSA) is 56.0 Å².